The fraction of sp³-hybridized carbons (Fsp3) is 0.333. The van der Waals surface area contributed by atoms with E-state index >= 15 is 0 Å². The highest BCUT2D eigenvalue weighted by Gasteiger charge is 2.27. The minimum atomic E-state index is -0.146. The molecule has 1 aliphatic rings. The van der Waals surface area contributed by atoms with Crippen LogP contribution in [0.1, 0.15) is 41.8 Å². The van der Waals surface area contributed by atoms with E-state index in [-0.39, 0.29) is 17.8 Å². The normalized spacial score (nSPS) is 18.3. The molecule has 0 saturated heterocycles. The van der Waals surface area contributed by atoms with E-state index in [1.54, 1.807) is 6.07 Å². The van der Waals surface area contributed by atoms with Gasteiger partial charge in [-0.15, -0.1) is 0 Å². The highest BCUT2D eigenvalue weighted by molar-refractivity contribution is 6.32. The molecule has 2 heterocycles. The SMILES string of the molecule is COC(=O)[C@H]1CC[C@H](CNC(=O)c2cc(Cl)cc3ccn(Cc4cc5ccccc5o4)c23)CC1. The summed E-state index contributed by atoms with van der Waals surface area (Å²) in [5.41, 5.74) is 2.22. The van der Waals surface area contributed by atoms with E-state index < -0.39 is 0 Å². The first-order valence-corrected chi connectivity index (χ1v) is 12.0. The average molecular weight is 479 g/mol. The van der Waals surface area contributed by atoms with Crippen molar-refractivity contribution in [3.63, 3.8) is 0 Å². The lowest BCUT2D eigenvalue weighted by atomic mass is 9.82. The first-order valence-electron chi connectivity index (χ1n) is 11.6. The van der Waals surface area contributed by atoms with Crippen molar-refractivity contribution in [2.45, 2.75) is 32.2 Å². The summed E-state index contributed by atoms with van der Waals surface area (Å²) in [4.78, 5) is 25.0. The van der Waals surface area contributed by atoms with Gasteiger partial charge in [-0.1, -0.05) is 29.8 Å². The van der Waals surface area contributed by atoms with Crippen molar-refractivity contribution in [1.82, 2.24) is 9.88 Å². The summed E-state index contributed by atoms with van der Waals surface area (Å²) < 4.78 is 12.9. The number of hydrogen-bond donors (Lipinski definition) is 1. The molecule has 0 bridgehead atoms. The number of aromatic nitrogens is 1. The number of carbonyl (C=O) groups excluding carboxylic acids is 2. The lowest BCUT2D eigenvalue weighted by Gasteiger charge is -2.27. The van der Waals surface area contributed by atoms with E-state index in [2.05, 4.69) is 5.32 Å². The van der Waals surface area contributed by atoms with Gasteiger partial charge in [0.1, 0.15) is 11.3 Å². The van der Waals surface area contributed by atoms with E-state index in [0.717, 1.165) is 53.3 Å². The van der Waals surface area contributed by atoms with Crippen LogP contribution in [0.2, 0.25) is 5.02 Å². The summed E-state index contributed by atoms with van der Waals surface area (Å²) in [5, 5.41) is 5.59. The van der Waals surface area contributed by atoms with Gasteiger partial charge in [-0.25, -0.2) is 0 Å². The molecule has 1 saturated carbocycles. The number of amides is 1. The Morgan fingerprint density at radius 1 is 1.09 bits per heavy atom. The fourth-order valence-corrected chi connectivity index (χ4v) is 5.23. The predicted molar refractivity (Wildman–Crippen MR) is 132 cm³/mol. The van der Waals surface area contributed by atoms with E-state index in [9.17, 15) is 9.59 Å². The van der Waals surface area contributed by atoms with Crippen LogP contribution in [-0.2, 0) is 16.1 Å². The van der Waals surface area contributed by atoms with Gasteiger partial charge in [0, 0.05) is 28.5 Å². The molecule has 34 heavy (non-hydrogen) atoms. The number of furan rings is 1. The van der Waals surface area contributed by atoms with Gasteiger partial charge in [-0.2, -0.15) is 0 Å². The molecule has 0 unspecified atom stereocenters. The summed E-state index contributed by atoms with van der Waals surface area (Å²) in [6.45, 7) is 1.09. The highest BCUT2D eigenvalue weighted by Crippen LogP contribution is 2.30. The fourth-order valence-electron chi connectivity index (χ4n) is 5.00. The summed E-state index contributed by atoms with van der Waals surface area (Å²) in [7, 11) is 1.43. The Bertz CT molecular complexity index is 1310. The van der Waals surface area contributed by atoms with Crippen molar-refractivity contribution >= 4 is 45.3 Å². The van der Waals surface area contributed by atoms with E-state index in [4.69, 9.17) is 20.8 Å². The second kappa shape index (κ2) is 9.55. The standard InChI is InChI=1S/C27H27ClN2O4/c1-33-27(32)18-8-6-17(7-9-18)15-29-26(31)23-14-21(28)12-20-10-11-30(25(20)23)16-22-13-19-4-2-3-5-24(19)34-22/h2-5,10-14,17-18H,6-9,15-16H2,1H3,(H,29,31)/t17-,18-. The molecular formula is C27H27ClN2O4. The van der Waals surface area contributed by atoms with Crippen molar-refractivity contribution in [1.29, 1.82) is 0 Å². The third-order valence-corrected chi connectivity index (χ3v) is 7.02. The maximum absolute atomic E-state index is 13.2. The van der Waals surface area contributed by atoms with Crippen molar-refractivity contribution in [3.05, 3.63) is 71.1 Å². The zero-order valence-electron chi connectivity index (χ0n) is 19.1. The van der Waals surface area contributed by atoms with Gasteiger partial charge >= 0.3 is 5.97 Å². The molecule has 5 rings (SSSR count). The minimum Gasteiger partial charge on any atom is -0.469 e. The van der Waals surface area contributed by atoms with Crippen LogP contribution in [0.15, 0.2) is 59.1 Å². The number of rotatable bonds is 6. The number of nitrogens with zero attached hydrogens (tertiary/aromatic N) is 1. The van der Waals surface area contributed by atoms with Crippen molar-refractivity contribution < 1.29 is 18.7 Å². The minimum absolute atomic E-state index is 0.0222. The number of methoxy groups -OCH3 is 1. The van der Waals surface area contributed by atoms with Crippen LogP contribution in [0.25, 0.3) is 21.9 Å². The molecule has 1 fully saturated rings. The molecule has 0 spiro atoms. The summed E-state index contributed by atoms with van der Waals surface area (Å²) in [5.74, 6) is 0.872. The molecule has 1 aliphatic carbocycles. The van der Waals surface area contributed by atoms with Crippen molar-refractivity contribution in [2.24, 2.45) is 11.8 Å². The summed E-state index contributed by atoms with van der Waals surface area (Å²) in [6, 6.07) is 15.5. The molecule has 1 N–H and O–H groups in total. The van der Waals surface area contributed by atoms with Gasteiger partial charge in [0.2, 0.25) is 0 Å². The molecule has 176 valence electrons. The number of nitrogens with one attached hydrogen (secondary N) is 1. The van der Waals surface area contributed by atoms with Gasteiger partial charge in [-0.05, 0) is 61.9 Å². The lowest BCUT2D eigenvalue weighted by molar-refractivity contribution is -0.146. The third kappa shape index (κ3) is 4.55. The number of hydrogen-bond acceptors (Lipinski definition) is 4. The van der Waals surface area contributed by atoms with Gasteiger partial charge in [-0.3, -0.25) is 9.59 Å². The Hall–Kier alpha value is -3.25. The summed E-state index contributed by atoms with van der Waals surface area (Å²) in [6.07, 6.45) is 5.35. The molecule has 2 aromatic heterocycles. The molecule has 0 aliphatic heterocycles. The Labute approximate surface area is 202 Å². The first-order chi connectivity index (χ1) is 16.5. The smallest absolute Gasteiger partial charge is 0.308 e. The van der Waals surface area contributed by atoms with Crippen LogP contribution in [0, 0.1) is 11.8 Å². The zero-order chi connectivity index (χ0) is 23.7. The number of halogens is 1. The second-order valence-corrected chi connectivity index (χ2v) is 9.47. The van der Waals surface area contributed by atoms with E-state index in [0.29, 0.717) is 29.6 Å². The number of carbonyl (C=O) groups is 2. The van der Waals surface area contributed by atoms with Gasteiger partial charge in [0.05, 0.1) is 30.7 Å². The number of fused-ring (bicyclic) bond motifs is 2. The van der Waals surface area contributed by atoms with Gasteiger partial charge < -0.3 is 19.0 Å². The number of ether oxygens (including phenoxy) is 1. The van der Waals surface area contributed by atoms with Crippen molar-refractivity contribution in [3.8, 4) is 0 Å². The maximum Gasteiger partial charge on any atom is 0.308 e. The van der Waals surface area contributed by atoms with Crippen LogP contribution >= 0.6 is 11.6 Å². The quantitative estimate of drug-likeness (QED) is 0.355. The lowest BCUT2D eigenvalue weighted by Crippen LogP contribution is -2.33. The van der Waals surface area contributed by atoms with Crippen molar-refractivity contribution in [2.75, 3.05) is 13.7 Å². The molecule has 1 amide bonds. The molecule has 4 aromatic rings. The summed E-state index contributed by atoms with van der Waals surface area (Å²) >= 11 is 6.35. The second-order valence-electron chi connectivity index (χ2n) is 9.04. The third-order valence-electron chi connectivity index (χ3n) is 6.81. The highest BCUT2D eigenvalue weighted by atomic mass is 35.5. The van der Waals surface area contributed by atoms with Crippen LogP contribution in [0.5, 0.6) is 0 Å². The van der Waals surface area contributed by atoms with E-state index in [1.165, 1.54) is 7.11 Å². The van der Waals surface area contributed by atoms with E-state index in [1.807, 2.05) is 53.2 Å². The van der Waals surface area contributed by atoms with Gasteiger partial charge in [0.15, 0.2) is 0 Å². The maximum atomic E-state index is 13.2. The molecule has 7 heteroatoms. The average Bonchev–Trinajstić information content (AvgIpc) is 3.45. The molecule has 6 nitrogen and oxygen atoms in total. The molecule has 0 radical (unpaired) electrons. The van der Waals surface area contributed by atoms with Crippen LogP contribution in [0.4, 0.5) is 0 Å². The van der Waals surface area contributed by atoms with Crippen LogP contribution in [-0.4, -0.2) is 30.1 Å². The first kappa shape index (κ1) is 22.5. The Kier molecular flexibility index (Phi) is 6.33. The predicted octanol–water partition coefficient (Wildman–Crippen LogP) is 5.80. The zero-order valence-corrected chi connectivity index (χ0v) is 19.8. The number of benzene rings is 2. The number of para-hydroxylation sites is 1. The molecular weight excluding hydrogens is 452 g/mol. The Balaban J connectivity index is 1.33. The molecule has 0 atom stereocenters. The Morgan fingerprint density at radius 3 is 2.65 bits per heavy atom. The number of esters is 1. The van der Waals surface area contributed by atoms with Crippen LogP contribution < -0.4 is 5.32 Å². The topological polar surface area (TPSA) is 73.5 Å². The van der Waals surface area contributed by atoms with Crippen LogP contribution in [0.3, 0.4) is 0 Å². The Morgan fingerprint density at radius 2 is 1.88 bits per heavy atom. The molecule has 2 aromatic carbocycles. The largest absolute Gasteiger partial charge is 0.469 e. The monoisotopic (exact) mass is 478 g/mol. The van der Waals surface area contributed by atoms with Gasteiger partial charge in [0.25, 0.3) is 5.91 Å².